The van der Waals surface area contributed by atoms with Gasteiger partial charge in [-0.3, -0.25) is 9.58 Å². The van der Waals surface area contributed by atoms with Crippen molar-refractivity contribution >= 4 is 0 Å². The second-order valence-electron chi connectivity index (χ2n) is 5.97. The zero-order chi connectivity index (χ0) is 15.5. The number of rotatable bonds is 5. The normalized spacial score (nSPS) is 19.7. The van der Waals surface area contributed by atoms with Crippen molar-refractivity contribution in [2.24, 2.45) is 0 Å². The molecular weight excluding hydrogens is 278 g/mol. The highest BCUT2D eigenvalue weighted by Crippen LogP contribution is 2.12. The topological polar surface area (TPSA) is 48.1 Å². The van der Waals surface area contributed by atoms with Crippen LogP contribution in [0.4, 0.5) is 0 Å². The fourth-order valence-electron chi connectivity index (χ4n) is 3.07. The Hall–Kier alpha value is -1.66. The molecule has 6 nitrogen and oxygen atoms in total. The maximum absolute atomic E-state index is 5.92. The van der Waals surface area contributed by atoms with Gasteiger partial charge in [-0.1, -0.05) is 0 Å². The van der Waals surface area contributed by atoms with E-state index in [1.54, 1.807) is 0 Å². The van der Waals surface area contributed by atoms with Gasteiger partial charge in [0, 0.05) is 37.7 Å². The number of hydrogen-bond donors (Lipinski definition) is 0. The number of nitrogens with zero attached hydrogens (tertiary/aromatic N) is 5. The van der Waals surface area contributed by atoms with Crippen molar-refractivity contribution in [3.63, 3.8) is 0 Å². The van der Waals surface area contributed by atoms with Crippen molar-refractivity contribution in [3.8, 4) is 0 Å². The molecule has 1 saturated heterocycles. The van der Waals surface area contributed by atoms with Crippen LogP contribution >= 0.6 is 0 Å². The highest BCUT2D eigenvalue weighted by Gasteiger charge is 2.22. The Morgan fingerprint density at radius 1 is 1.36 bits per heavy atom. The van der Waals surface area contributed by atoms with Crippen LogP contribution in [-0.2, 0) is 24.4 Å². The molecular formula is C16H25N5O. The van der Waals surface area contributed by atoms with E-state index in [2.05, 4.69) is 44.1 Å². The number of aromatic nitrogens is 4. The van der Waals surface area contributed by atoms with E-state index in [9.17, 15) is 0 Å². The number of morpholine rings is 1. The molecule has 0 saturated carbocycles. The fraction of sp³-hybridized carbons (Fsp3) is 0.625. The minimum atomic E-state index is 0.191. The minimum absolute atomic E-state index is 0.191. The number of hydrogen-bond acceptors (Lipinski definition) is 4. The van der Waals surface area contributed by atoms with Gasteiger partial charge in [0.15, 0.2) is 0 Å². The number of ether oxygens (including phenoxy) is 1. The van der Waals surface area contributed by atoms with Gasteiger partial charge < -0.3 is 9.30 Å². The summed E-state index contributed by atoms with van der Waals surface area (Å²) in [5.41, 5.74) is 2.26. The molecule has 0 aromatic carbocycles. The predicted octanol–water partition coefficient (Wildman–Crippen LogP) is 1.62. The van der Waals surface area contributed by atoms with Crippen LogP contribution in [0.3, 0.4) is 0 Å². The monoisotopic (exact) mass is 303 g/mol. The number of imidazole rings is 1. The van der Waals surface area contributed by atoms with Crippen LogP contribution in [0.2, 0.25) is 0 Å². The van der Waals surface area contributed by atoms with E-state index in [-0.39, 0.29) is 6.10 Å². The van der Waals surface area contributed by atoms with Gasteiger partial charge >= 0.3 is 0 Å². The second kappa shape index (κ2) is 6.62. The Morgan fingerprint density at radius 3 is 2.95 bits per heavy atom. The zero-order valence-corrected chi connectivity index (χ0v) is 13.7. The van der Waals surface area contributed by atoms with Gasteiger partial charge in [-0.2, -0.15) is 5.10 Å². The Bertz CT molecular complexity index is 618. The lowest BCUT2D eigenvalue weighted by Gasteiger charge is -2.32. The van der Waals surface area contributed by atoms with Crippen LogP contribution in [0.5, 0.6) is 0 Å². The lowest BCUT2D eigenvalue weighted by atomic mass is 10.2. The van der Waals surface area contributed by atoms with Crippen LogP contribution in [0, 0.1) is 13.8 Å². The first-order valence-corrected chi connectivity index (χ1v) is 8.00. The van der Waals surface area contributed by atoms with Gasteiger partial charge in [0.2, 0.25) is 0 Å². The molecule has 1 atom stereocenters. The molecule has 1 fully saturated rings. The average molecular weight is 303 g/mol. The molecule has 0 radical (unpaired) electrons. The van der Waals surface area contributed by atoms with E-state index >= 15 is 0 Å². The molecule has 3 rings (SSSR count). The van der Waals surface area contributed by atoms with E-state index in [0.29, 0.717) is 0 Å². The molecule has 0 spiro atoms. The Morgan fingerprint density at radius 2 is 2.23 bits per heavy atom. The lowest BCUT2D eigenvalue weighted by Crippen LogP contribution is -2.44. The first-order valence-electron chi connectivity index (χ1n) is 8.00. The van der Waals surface area contributed by atoms with E-state index < -0.39 is 0 Å². The van der Waals surface area contributed by atoms with Crippen molar-refractivity contribution in [2.75, 3.05) is 19.7 Å². The highest BCUT2D eigenvalue weighted by molar-refractivity contribution is 5.06. The molecule has 1 aliphatic heterocycles. The third kappa shape index (κ3) is 3.39. The SMILES string of the molecule is CCn1ccnc1CN1CCOC(Cn2nc(C)cc2C)C1. The van der Waals surface area contributed by atoms with Gasteiger partial charge in [0.25, 0.3) is 0 Å². The first kappa shape index (κ1) is 15.2. The third-order valence-corrected chi connectivity index (χ3v) is 4.21. The molecule has 2 aromatic rings. The molecule has 120 valence electrons. The highest BCUT2D eigenvalue weighted by atomic mass is 16.5. The van der Waals surface area contributed by atoms with Gasteiger partial charge in [-0.15, -0.1) is 0 Å². The molecule has 0 amide bonds. The molecule has 1 aliphatic rings. The van der Waals surface area contributed by atoms with Crippen LogP contribution in [0.15, 0.2) is 18.5 Å². The molecule has 22 heavy (non-hydrogen) atoms. The molecule has 2 aromatic heterocycles. The largest absolute Gasteiger partial charge is 0.374 e. The maximum atomic E-state index is 5.92. The number of aryl methyl sites for hydroxylation is 3. The quantitative estimate of drug-likeness (QED) is 0.842. The van der Waals surface area contributed by atoms with Crippen molar-refractivity contribution in [3.05, 3.63) is 35.7 Å². The summed E-state index contributed by atoms with van der Waals surface area (Å²) < 4.78 is 10.2. The molecule has 1 unspecified atom stereocenters. The minimum Gasteiger partial charge on any atom is -0.374 e. The van der Waals surface area contributed by atoms with Gasteiger partial charge in [-0.05, 0) is 26.8 Å². The summed E-state index contributed by atoms with van der Waals surface area (Å²) >= 11 is 0. The van der Waals surface area contributed by atoms with Crippen LogP contribution < -0.4 is 0 Å². The standard InChI is InChI=1S/C16H25N5O/c1-4-20-6-5-17-16(20)12-19-7-8-22-15(10-19)11-21-14(3)9-13(2)18-21/h5-6,9,15H,4,7-8,10-12H2,1-3H3. The summed E-state index contributed by atoms with van der Waals surface area (Å²) in [6.07, 6.45) is 4.12. The summed E-state index contributed by atoms with van der Waals surface area (Å²) in [6.45, 7) is 11.6. The lowest BCUT2D eigenvalue weighted by molar-refractivity contribution is -0.0414. The summed E-state index contributed by atoms with van der Waals surface area (Å²) in [5.74, 6) is 1.13. The van der Waals surface area contributed by atoms with Crippen LogP contribution in [-0.4, -0.2) is 50.0 Å². The van der Waals surface area contributed by atoms with Crippen molar-refractivity contribution in [1.29, 1.82) is 0 Å². The first-order chi connectivity index (χ1) is 10.7. The van der Waals surface area contributed by atoms with Crippen molar-refractivity contribution < 1.29 is 4.74 Å². The average Bonchev–Trinajstić information content (AvgIpc) is 3.06. The maximum Gasteiger partial charge on any atom is 0.122 e. The molecule has 0 aliphatic carbocycles. The zero-order valence-electron chi connectivity index (χ0n) is 13.7. The van der Waals surface area contributed by atoms with Gasteiger partial charge in [0.05, 0.1) is 31.5 Å². The van der Waals surface area contributed by atoms with Gasteiger partial charge in [0.1, 0.15) is 5.82 Å². The smallest absolute Gasteiger partial charge is 0.122 e. The summed E-state index contributed by atoms with van der Waals surface area (Å²) in [5, 5.41) is 4.53. The fourth-order valence-corrected chi connectivity index (χ4v) is 3.07. The van der Waals surface area contributed by atoms with Crippen LogP contribution in [0.1, 0.15) is 24.1 Å². The van der Waals surface area contributed by atoms with E-state index in [1.165, 1.54) is 5.69 Å². The Labute approximate surface area is 131 Å². The van der Waals surface area contributed by atoms with Gasteiger partial charge in [-0.25, -0.2) is 4.98 Å². The third-order valence-electron chi connectivity index (χ3n) is 4.21. The molecule has 6 heteroatoms. The Balaban J connectivity index is 1.60. The second-order valence-corrected chi connectivity index (χ2v) is 5.97. The van der Waals surface area contributed by atoms with E-state index in [1.807, 2.05) is 19.3 Å². The van der Waals surface area contributed by atoms with Crippen molar-refractivity contribution in [2.45, 2.75) is 46.5 Å². The van der Waals surface area contributed by atoms with E-state index in [0.717, 1.165) is 50.8 Å². The Kier molecular flexibility index (Phi) is 4.59. The summed E-state index contributed by atoms with van der Waals surface area (Å²) in [7, 11) is 0. The molecule has 0 N–H and O–H groups in total. The molecule has 0 bridgehead atoms. The summed E-state index contributed by atoms with van der Waals surface area (Å²) in [6, 6.07) is 2.11. The van der Waals surface area contributed by atoms with Crippen LogP contribution in [0.25, 0.3) is 0 Å². The van der Waals surface area contributed by atoms with Crippen molar-refractivity contribution in [1.82, 2.24) is 24.2 Å². The van der Waals surface area contributed by atoms with E-state index in [4.69, 9.17) is 4.74 Å². The predicted molar refractivity (Wildman–Crippen MR) is 84.6 cm³/mol. The molecule has 3 heterocycles. The summed E-state index contributed by atoms with van der Waals surface area (Å²) in [4.78, 5) is 6.90.